The number of likely N-dealkylation sites (N-methyl/N-ethyl adjacent to an activating group) is 1. The second-order valence-corrected chi connectivity index (χ2v) is 5.18. The van der Waals surface area contributed by atoms with Gasteiger partial charge in [0.05, 0.1) is 6.20 Å². The molecule has 0 saturated carbocycles. The van der Waals surface area contributed by atoms with E-state index >= 15 is 0 Å². The van der Waals surface area contributed by atoms with Crippen LogP contribution in [0.2, 0.25) is 5.02 Å². The second kappa shape index (κ2) is 6.22. The van der Waals surface area contributed by atoms with E-state index in [0.717, 1.165) is 23.6 Å². The van der Waals surface area contributed by atoms with Gasteiger partial charge < -0.3 is 5.32 Å². The molecular formula is C15H20ClN3. The summed E-state index contributed by atoms with van der Waals surface area (Å²) in [4.78, 5) is 0. The molecule has 0 aliphatic rings. The van der Waals surface area contributed by atoms with E-state index in [2.05, 4.69) is 42.6 Å². The van der Waals surface area contributed by atoms with Crippen molar-refractivity contribution in [1.82, 2.24) is 15.1 Å². The molecule has 0 saturated heterocycles. The molecule has 1 aromatic carbocycles. The summed E-state index contributed by atoms with van der Waals surface area (Å²) in [5, 5.41) is 8.46. The molecule has 2 rings (SSSR count). The maximum absolute atomic E-state index is 6.34. The molecule has 0 amide bonds. The van der Waals surface area contributed by atoms with E-state index in [1.807, 2.05) is 24.0 Å². The Kier molecular flexibility index (Phi) is 4.61. The van der Waals surface area contributed by atoms with Crippen molar-refractivity contribution in [3.05, 3.63) is 52.3 Å². The molecule has 102 valence electrons. The molecule has 4 heteroatoms. The summed E-state index contributed by atoms with van der Waals surface area (Å²) >= 11 is 6.34. The summed E-state index contributed by atoms with van der Waals surface area (Å²) < 4.78 is 1.94. The van der Waals surface area contributed by atoms with Crippen molar-refractivity contribution >= 4 is 11.6 Å². The zero-order chi connectivity index (χ0) is 13.8. The average Bonchev–Trinajstić information content (AvgIpc) is 2.84. The molecule has 1 unspecified atom stereocenters. The van der Waals surface area contributed by atoms with Gasteiger partial charge in [-0.15, -0.1) is 0 Å². The monoisotopic (exact) mass is 277 g/mol. The van der Waals surface area contributed by atoms with Crippen molar-refractivity contribution in [3.63, 3.8) is 0 Å². The molecule has 0 aliphatic carbocycles. The lowest BCUT2D eigenvalue weighted by Crippen LogP contribution is -2.19. The first-order valence-corrected chi connectivity index (χ1v) is 6.96. The first-order chi connectivity index (χ1) is 9.13. The zero-order valence-corrected chi connectivity index (χ0v) is 12.4. The van der Waals surface area contributed by atoms with Gasteiger partial charge >= 0.3 is 0 Å². The lowest BCUT2D eigenvalue weighted by molar-refractivity contribution is 0.591. The zero-order valence-electron chi connectivity index (χ0n) is 11.7. The smallest absolute Gasteiger partial charge is 0.0522 e. The van der Waals surface area contributed by atoms with E-state index in [1.165, 1.54) is 11.1 Å². The molecule has 0 spiro atoms. The highest BCUT2D eigenvalue weighted by Crippen LogP contribution is 2.26. The maximum Gasteiger partial charge on any atom is 0.0522 e. The SMILES string of the molecule is CCn1cc(CC(NC)c2ccc(C)cc2Cl)cn1. The quantitative estimate of drug-likeness (QED) is 0.908. The van der Waals surface area contributed by atoms with Gasteiger partial charge in [-0.3, -0.25) is 4.68 Å². The molecule has 2 aromatic rings. The van der Waals surface area contributed by atoms with Crippen LogP contribution in [0.4, 0.5) is 0 Å². The highest BCUT2D eigenvalue weighted by molar-refractivity contribution is 6.31. The van der Waals surface area contributed by atoms with Crippen LogP contribution in [-0.4, -0.2) is 16.8 Å². The Morgan fingerprint density at radius 1 is 1.42 bits per heavy atom. The van der Waals surface area contributed by atoms with Crippen LogP contribution >= 0.6 is 11.6 Å². The molecule has 1 aromatic heterocycles. The number of aromatic nitrogens is 2. The summed E-state index contributed by atoms with van der Waals surface area (Å²) in [5.74, 6) is 0. The third kappa shape index (κ3) is 3.37. The molecule has 0 radical (unpaired) electrons. The Morgan fingerprint density at radius 3 is 2.79 bits per heavy atom. The number of nitrogens with one attached hydrogen (secondary N) is 1. The molecule has 1 N–H and O–H groups in total. The predicted octanol–water partition coefficient (Wildman–Crippen LogP) is 3.37. The second-order valence-electron chi connectivity index (χ2n) is 4.77. The number of rotatable bonds is 5. The molecule has 3 nitrogen and oxygen atoms in total. The standard InChI is InChI=1S/C15H20ClN3/c1-4-19-10-12(9-18-19)8-15(17-3)13-6-5-11(2)7-14(13)16/h5-7,9-10,15,17H,4,8H2,1-3H3. The Hall–Kier alpha value is -1.32. The molecule has 1 atom stereocenters. The van der Waals surface area contributed by atoms with E-state index in [-0.39, 0.29) is 6.04 Å². The summed E-state index contributed by atoms with van der Waals surface area (Å²) in [6.07, 6.45) is 4.90. The average molecular weight is 278 g/mol. The minimum atomic E-state index is 0.211. The maximum atomic E-state index is 6.34. The fourth-order valence-electron chi connectivity index (χ4n) is 2.20. The van der Waals surface area contributed by atoms with Gasteiger partial charge in [0.25, 0.3) is 0 Å². The van der Waals surface area contributed by atoms with Gasteiger partial charge in [-0.2, -0.15) is 5.10 Å². The van der Waals surface area contributed by atoms with E-state index < -0.39 is 0 Å². The Morgan fingerprint density at radius 2 is 2.21 bits per heavy atom. The van der Waals surface area contributed by atoms with Crippen LogP contribution in [0.3, 0.4) is 0 Å². The molecule has 19 heavy (non-hydrogen) atoms. The van der Waals surface area contributed by atoms with E-state index in [1.54, 1.807) is 0 Å². The van der Waals surface area contributed by atoms with Gasteiger partial charge in [0, 0.05) is 23.8 Å². The van der Waals surface area contributed by atoms with Crippen LogP contribution in [0.1, 0.15) is 29.7 Å². The highest BCUT2D eigenvalue weighted by atomic mass is 35.5. The fourth-order valence-corrected chi connectivity index (χ4v) is 2.57. The molecule has 0 fully saturated rings. The number of hydrogen-bond acceptors (Lipinski definition) is 2. The van der Waals surface area contributed by atoms with Crippen LogP contribution in [0.5, 0.6) is 0 Å². The number of benzene rings is 1. The largest absolute Gasteiger partial charge is 0.313 e. The van der Waals surface area contributed by atoms with Crippen LogP contribution in [0, 0.1) is 6.92 Å². The van der Waals surface area contributed by atoms with Crippen LogP contribution in [0.25, 0.3) is 0 Å². The van der Waals surface area contributed by atoms with E-state index in [4.69, 9.17) is 11.6 Å². The van der Waals surface area contributed by atoms with Crippen LogP contribution in [0.15, 0.2) is 30.6 Å². The first-order valence-electron chi connectivity index (χ1n) is 6.58. The number of aryl methyl sites for hydroxylation is 2. The minimum Gasteiger partial charge on any atom is -0.313 e. The van der Waals surface area contributed by atoms with Gasteiger partial charge in [-0.1, -0.05) is 23.7 Å². The Balaban J connectivity index is 2.19. The first kappa shape index (κ1) is 14.1. The van der Waals surface area contributed by atoms with Crippen molar-refractivity contribution < 1.29 is 0 Å². The lowest BCUT2D eigenvalue weighted by atomic mass is 10.00. The van der Waals surface area contributed by atoms with Gasteiger partial charge in [-0.25, -0.2) is 0 Å². The number of nitrogens with zero attached hydrogens (tertiary/aromatic N) is 2. The predicted molar refractivity (Wildman–Crippen MR) is 79.6 cm³/mol. The molecular weight excluding hydrogens is 258 g/mol. The topological polar surface area (TPSA) is 29.9 Å². The third-order valence-corrected chi connectivity index (χ3v) is 3.66. The van der Waals surface area contributed by atoms with E-state index in [0.29, 0.717) is 0 Å². The molecule has 1 heterocycles. The van der Waals surface area contributed by atoms with Gasteiger partial charge in [-0.05, 0) is 50.1 Å². The molecule has 0 bridgehead atoms. The van der Waals surface area contributed by atoms with Crippen LogP contribution in [-0.2, 0) is 13.0 Å². The van der Waals surface area contributed by atoms with Crippen molar-refractivity contribution in [2.24, 2.45) is 0 Å². The van der Waals surface area contributed by atoms with Gasteiger partial charge in [0.2, 0.25) is 0 Å². The van der Waals surface area contributed by atoms with Crippen molar-refractivity contribution in [1.29, 1.82) is 0 Å². The summed E-state index contributed by atoms with van der Waals surface area (Å²) in [7, 11) is 1.96. The fraction of sp³-hybridized carbons (Fsp3) is 0.400. The van der Waals surface area contributed by atoms with Crippen molar-refractivity contribution in [2.75, 3.05) is 7.05 Å². The van der Waals surface area contributed by atoms with Crippen LogP contribution < -0.4 is 5.32 Å². The normalized spacial score (nSPS) is 12.6. The third-order valence-electron chi connectivity index (χ3n) is 3.33. The van der Waals surface area contributed by atoms with Gasteiger partial charge in [0.1, 0.15) is 0 Å². The van der Waals surface area contributed by atoms with E-state index in [9.17, 15) is 0 Å². The summed E-state index contributed by atoms with van der Waals surface area (Å²) in [5.41, 5.74) is 3.54. The number of halogens is 1. The van der Waals surface area contributed by atoms with Crippen molar-refractivity contribution in [3.8, 4) is 0 Å². The molecule has 0 aliphatic heterocycles. The lowest BCUT2D eigenvalue weighted by Gasteiger charge is -2.17. The minimum absolute atomic E-state index is 0.211. The summed E-state index contributed by atoms with van der Waals surface area (Å²) in [6.45, 7) is 5.04. The number of hydrogen-bond donors (Lipinski definition) is 1. The van der Waals surface area contributed by atoms with Gasteiger partial charge in [0.15, 0.2) is 0 Å². The summed E-state index contributed by atoms with van der Waals surface area (Å²) in [6, 6.07) is 6.42. The highest BCUT2D eigenvalue weighted by Gasteiger charge is 2.14. The Labute approximate surface area is 119 Å². The Bertz CT molecular complexity index is 548. The van der Waals surface area contributed by atoms with Crippen molar-refractivity contribution in [2.45, 2.75) is 32.9 Å².